The average Bonchev–Trinajstić information content (AvgIpc) is 3.13. The molecular weight excluding hydrogens is 450 g/mol. The van der Waals surface area contributed by atoms with Crippen LogP contribution in [0, 0.1) is 0 Å². The van der Waals surface area contributed by atoms with Gasteiger partial charge in [-0.15, -0.1) is 0 Å². The second-order valence-electron chi connectivity index (χ2n) is 8.80. The lowest BCUT2D eigenvalue weighted by molar-refractivity contribution is -0.137. The molecule has 1 aliphatic heterocycles. The van der Waals surface area contributed by atoms with E-state index in [0.29, 0.717) is 11.3 Å². The lowest BCUT2D eigenvalue weighted by Crippen LogP contribution is -2.36. The molecule has 0 saturated carbocycles. The first-order valence-corrected chi connectivity index (χ1v) is 10.7. The molecule has 0 atom stereocenters. The fourth-order valence-electron chi connectivity index (χ4n) is 3.48. The molecule has 9 nitrogen and oxygen atoms in total. The lowest BCUT2D eigenvalue weighted by Gasteiger charge is -2.19. The highest BCUT2D eigenvalue weighted by atomic mass is 16.6. The van der Waals surface area contributed by atoms with Crippen LogP contribution in [-0.4, -0.2) is 41.5 Å². The molecular formula is C26H27N3O6. The Morgan fingerprint density at radius 2 is 1.63 bits per heavy atom. The van der Waals surface area contributed by atoms with E-state index in [4.69, 9.17) is 4.74 Å². The van der Waals surface area contributed by atoms with Gasteiger partial charge in [-0.1, -0.05) is 37.4 Å². The number of esters is 1. The summed E-state index contributed by atoms with van der Waals surface area (Å²) in [7, 11) is 1.16. The number of anilines is 1. The van der Waals surface area contributed by atoms with Crippen molar-refractivity contribution in [3.05, 3.63) is 78.1 Å². The molecule has 2 aromatic rings. The Kier molecular flexibility index (Phi) is 7.09. The Hall–Kier alpha value is -4.40. The fraction of sp³-hybridized carbons (Fsp3) is 0.231. The quantitative estimate of drug-likeness (QED) is 0.481. The minimum Gasteiger partial charge on any atom is -0.464 e. The highest BCUT2D eigenvalue weighted by Gasteiger charge is 2.33. The number of ether oxygens (including phenoxy) is 2. The number of amides is 3. The van der Waals surface area contributed by atoms with Crippen LogP contribution >= 0.6 is 0 Å². The first kappa shape index (κ1) is 25.2. The van der Waals surface area contributed by atoms with Gasteiger partial charge in [0.15, 0.2) is 0 Å². The SMILES string of the molecule is C=C(NC(=O)C(=C)N1Cc2c(cccc2-c2ccc(NC(=O)OC(C)(C)C)cc2)C1=O)C(=O)OC. The number of nitrogens with one attached hydrogen (secondary N) is 2. The number of carbonyl (C=O) groups is 4. The number of carbonyl (C=O) groups excluding carboxylic acids is 4. The summed E-state index contributed by atoms with van der Waals surface area (Å²) >= 11 is 0. The minimum absolute atomic E-state index is 0.124. The number of hydrogen-bond donors (Lipinski definition) is 2. The van der Waals surface area contributed by atoms with Crippen molar-refractivity contribution in [3.63, 3.8) is 0 Å². The van der Waals surface area contributed by atoms with Gasteiger partial charge in [-0.25, -0.2) is 9.59 Å². The number of benzene rings is 2. The van der Waals surface area contributed by atoms with E-state index < -0.39 is 23.6 Å². The van der Waals surface area contributed by atoms with Crippen LogP contribution in [0.3, 0.4) is 0 Å². The maximum Gasteiger partial charge on any atom is 0.412 e. The molecule has 0 fully saturated rings. The minimum atomic E-state index is -0.797. The highest BCUT2D eigenvalue weighted by molar-refractivity contribution is 6.07. The molecule has 0 saturated heterocycles. The van der Waals surface area contributed by atoms with Gasteiger partial charge >= 0.3 is 12.1 Å². The van der Waals surface area contributed by atoms with Crippen molar-refractivity contribution in [1.82, 2.24) is 10.2 Å². The molecule has 0 bridgehead atoms. The van der Waals surface area contributed by atoms with E-state index in [1.807, 2.05) is 18.2 Å². The smallest absolute Gasteiger partial charge is 0.412 e. The zero-order valence-electron chi connectivity index (χ0n) is 20.1. The van der Waals surface area contributed by atoms with Gasteiger partial charge in [0.1, 0.15) is 17.0 Å². The predicted octanol–water partition coefficient (Wildman–Crippen LogP) is 3.97. The summed E-state index contributed by atoms with van der Waals surface area (Å²) in [5.74, 6) is -1.91. The van der Waals surface area contributed by atoms with Gasteiger partial charge in [0.2, 0.25) is 0 Å². The molecule has 0 unspecified atom stereocenters. The number of rotatable bonds is 6. The lowest BCUT2D eigenvalue weighted by atomic mass is 9.97. The monoisotopic (exact) mass is 477 g/mol. The van der Waals surface area contributed by atoms with E-state index >= 15 is 0 Å². The fourth-order valence-corrected chi connectivity index (χ4v) is 3.48. The summed E-state index contributed by atoms with van der Waals surface area (Å²) in [6.07, 6.45) is -0.557. The van der Waals surface area contributed by atoms with Crippen molar-refractivity contribution in [1.29, 1.82) is 0 Å². The Morgan fingerprint density at radius 1 is 1.00 bits per heavy atom. The van der Waals surface area contributed by atoms with Crippen LogP contribution < -0.4 is 10.6 Å². The van der Waals surface area contributed by atoms with Gasteiger partial charge in [-0.3, -0.25) is 19.8 Å². The average molecular weight is 478 g/mol. The Labute approximate surface area is 203 Å². The third-order valence-corrected chi connectivity index (χ3v) is 5.09. The van der Waals surface area contributed by atoms with Crippen molar-refractivity contribution in [2.75, 3.05) is 12.4 Å². The van der Waals surface area contributed by atoms with Gasteiger partial charge in [-0.05, 0) is 55.7 Å². The molecule has 2 N–H and O–H groups in total. The van der Waals surface area contributed by atoms with Crippen LogP contribution in [0.2, 0.25) is 0 Å². The zero-order valence-corrected chi connectivity index (χ0v) is 20.1. The highest BCUT2D eigenvalue weighted by Crippen LogP contribution is 2.34. The van der Waals surface area contributed by atoms with E-state index in [1.165, 1.54) is 4.90 Å². The summed E-state index contributed by atoms with van der Waals surface area (Å²) in [4.78, 5) is 50.3. The summed E-state index contributed by atoms with van der Waals surface area (Å²) in [5.41, 5.74) is 2.35. The van der Waals surface area contributed by atoms with Crippen molar-refractivity contribution in [2.45, 2.75) is 32.9 Å². The number of nitrogens with zero attached hydrogens (tertiary/aromatic N) is 1. The van der Waals surface area contributed by atoms with Crippen LogP contribution in [-0.2, 0) is 25.6 Å². The van der Waals surface area contributed by atoms with Crippen molar-refractivity contribution in [2.24, 2.45) is 0 Å². The molecule has 0 spiro atoms. The van der Waals surface area contributed by atoms with Crippen LogP contribution in [0.15, 0.2) is 67.0 Å². The van der Waals surface area contributed by atoms with Crippen molar-refractivity contribution in [3.8, 4) is 11.1 Å². The molecule has 35 heavy (non-hydrogen) atoms. The molecule has 3 rings (SSSR count). The summed E-state index contributed by atoms with van der Waals surface area (Å²) < 4.78 is 9.77. The van der Waals surface area contributed by atoms with Crippen LogP contribution in [0.1, 0.15) is 36.7 Å². The predicted molar refractivity (Wildman–Crippen MR) is 130 cm³/mol. The van der Waals surface area contributed by atoms with E-state index in [2.05, 4.69) is 28.5 Å². The summed E-state index contributed by atoms with van der Waals surface area (Å²) in [5, 5.41) is 4.97. The molecule has 182 valence electrons. The van der Waals surface area contributed by atoms with E-state index in [1.54, 1.807) is 45.0 Å². The zero-order chi connectivity index (χ0) is 25.9. The van der Waals surface area contributed by atoms with Gasteiger partial charge in [0.05, 0.1) is 13.7 Å². The molecule has 9 heteroatoms. The second-order valence-corrected chi connectivity index (χ2v) is 8.80. The Bertz CT molecular complexity index is 1220. The van der Waals surface area contributed by atoms with Crippen LogP contribution in [0.4, 0.5) is 10.5 Å². The van der Waals surface area contributed by atoms with E-state index in [-0.39, 0.29) is 23.8 Å². The van der Waals surface area contributed by atoms with Crippen LogP contribution in [0.25, 0.3) is 11.1 Å². The number of hydrogen-bond acceptors (Lipinski definition) is 6. The molecule has 2 aromatic carbocycles. The number of methoxy groups -OCH3 is 1. The molecule has 1 heterocycles. The second kappa shape index (κ2) is 9.84. The van der Waals surface area contributed by atoms with Crippen molar-refractivity contribution < 1.29 is 28.7 Å². The molecule has 3 amide bonds. The Morgan fingerprint density at radius 3 is 2.23 bits per heavy atom. The largest absolute Gasteiger partial charge is 0.464 e. The topological polar surface area (TPSA) is 114 Å². The Balaban J connectivity index is 1.77. The molecule has 0 aromatic heterocycles. The van der Waals surface area contributed by atoms with E-state index in [9.17, 15) is 19.2 Å². The normalized spacial score (nSPS) is 12.5. The summed E-state index contributed by atoms with van der Waals surface area (Å²) in [6, 6.07) is 12.4. The van der Waals surface area contributed by atoms with Gasteiger partial charge < -0.3 is 14.8 Å². The molecule has 1 aliphatic rings. The summed E-state index contributed by atoms with van der Waals surface area (Å²) in [6.45, 7) is 12.6. The van der Waals surface area contributed by atoms with Gasteiger partial charge in [0, 0.05) is 11.3 Å². The van der Waals surface area contributed by atoms with Gasteiger partial charge in [-0.2, -0.15) is 0 Å². The molecule has 0 aliphatic carbocycles. The standard InChI is InChI=1S/C26H27N3O6/c1-15(24(32)34-6)27-22(30)16(2)29-14-21-19(8-7-9-20(21)23(29)31)17-10-12-18(13-11-17)28-25(33)35-26(3,4)5/h7-13H,1-2,14H2,3-6H3,(H,27,30)(H,28,33). The first-order chi connectivity index (χ1) is 16.4. The van der Waals surface area contributed by atoms with Crippen LogP contribution in [0.5, 0.6) is 0 Å². The van der Waals surface area contributed by atoms with Gasteiger partial charge in [0.25, 0.3) is 11.8 Å². The maximum atomic E-state index is 13.0. The first-order valence-electron chi connectivity index (χ1n) is 10.7. The van der Waals surface area contributed by atoms with Crippen molar-refractivity contribution >= 4 is 29.6 Å². The maximum absolute atomic E-state index is 13.0. The molecule has 0 radical (unpaired) electrons. The number of fused-ring (bicyclic) bond motifs is 1. The van der Waals surface area contributed by atoms with E-state index in [0.717, 1.165) is 23.8 Å². The third-order valence-electron chi connectivity index (χ3n) is 5.09. The third kappa shape index (κ3) is 5.75.